The van der Waals surface area contributed by atoms with Crippen LogP contribution in [0.4, 0.5) is 0 Å². The van der Waals surface area contributed by atoms with E-state index in [2.05, 4.69) is 55.3 Å². The molecule has 0 aromatic heterocycles. The predicted molar refractivity (Wildman–Crippen MR) is 89.3 cm³/mol. The summed E-state index contributed by atoms with van der Waals surface area (Å²) in [5.74, 6) is 1.71. The fourth-order valence-corrected chi connectivity index (χ4v) is 3.65. The van der Waals surface area contributed by atoms with Gasteiger partial charge in [-0.05, 0) is 42.7 Å². The number of benzene rings is 1. The lowest BCUT2D eigenvalue weighted by atomic mass is 9.93. The summed E-state index contributed by atoms with van der Waals surface area (Å²) in [5, 5.41) is 3.83. The highest BCUT2D eigenvalue weighted by atomic mass is 15.2. The SMILES string of the molecule is CCC(C)C1CN(Cc2ccccc2C)C(C2CC2)CN1. The van der Waals surface area contributed by atoms with Crippen LogP contribution in [0.3, 0.4) is 0 Å². The van der Waals surface area contributed by atoms with E-state index in [1.54, 1.807) is 0 Å². The molecule has 2 fully saturated rings. The van der Waals surface area contributed by atoms with Crippen LogP contribution in [0.25, 0.3) is 0 Å². The standard InChI is InChI=1S/C19H30N2/c1-4-14(2)18-13-21(19(11-20-18)16-9-10-16)12-17-8-6-5-7-15(17)3/h5-8,14,16,18-20H,4,9-13H2,1-3H3. The maximum absolute atomic E-state index is 3.83. The van der Waals surface area contributed by atoms with Crippen molar-refractivity contribution in [2.45, 2.75) is 58.7 Å². The molecule has 3 rings (SSSR count). The van der Waals surface area contributed by atoms with Crippen molar-refractivity contribution < 1.29 is 0 Å². The number of nitrogens with zero attached hydrogens (tertiary/aromatic N) is 1. The maximum atomic E-state index is 3.83. The third kappa shape index (κ3) is 3.49. The molecule has 1 aliphatic heterocycles. The molecular formula is C19H30N2. The number of piperazine rings is 1. The van der Waals surface area contributed by atoms with Gasteiger partial charge in [0, 0.05) is 31.7 Å². The Morgan fingerprint density at radius 3 is 2.71 bits per heavy atom. The van der Waals surface area contributed by atoms with E-state index in [0.717, 1.165) is 24.4 Å². The van der Waals surface area contributed by atoms with Crippen LogP contribution in [0.15, 0.2) is 24.3 Å². The van der Waals surface area contributed by atoms with Gasteiger partial charge in [-0.15, -0.1) is 0 Å². The van der Waals surface area contributed by atoms with Crippen molar-refractivity contribution in [2.75, 3.05) is 13.1 Å². The lowest BCUT2D eigenvalue weighted by molar-refractivity contribution is 0.0889. The highest BCUT2D eigenvalue weighted by Gasteiger charge is 2.39. The minimum Gasteiger partial charge on any atom is -0.311 e. The summed E-state index contributed by atoms with van der Waals surface area (Å²) in [7, 11) is 0. The van der Waals surface area contributed by atoms with Crippen LogP contribution < -0.4 is 5.32 Å². The van der Waals surface area contributed by atoms with Gasteiger partial charge in [-0.25, -0.2) is 0 Å². The zero-order valence-corrected chi connectivity index (χ0v) is 13.8. The molecule has 1 N–H and O–H groups in total. The van der Waals surface area contributed by atoms with E-state index < -0.39 is 0 Å². The van der Waals surface area contributed by atoms with E-state index in [1.165, 1.54) is 43.5 Å². The van der Waals surface area contributed by atoms with E-state index in [4.69, 9.17) is 0 Å². The molecule has 2 nitrogen and oxygen atoms in total. The van der Waals surface area contributed by atoms with E-state index >= 15 is 0 Å². The van der Waals surface area contributed by atoms with Gasteiger partial charge in [-0.3, -0.25) is 4.90 Å². The van der Waals surface area contributed by atoms with Crippen molar-refractivity contribution in [3.8, 4) is 0 Å². The van der Waals surface area contributed by atoms with Crippen molar-refractivity contribution in [3.05, 3.63) is 35.4 Å². The molecular weight excluding hydrogens is 256 g/mol. The molecule has 1 heterocycles. The molecule has 3 atom stereocenters. The molecule has 1 saturated carbocycles. The van der Waals surface area contributed by atoms with E-state index in [1.807, 2.05) is 0 Å². The first kappa shape index (κ1) is 15.1. The first-order chi connectivity index (χ1) is 10.2. The Bertz CT molecular complexity index is 466. The zero-order chi connectivity index (χ0) is 14.8. The van der Waals surface area contributed by atoms with Gasteiger partial charge in [-0.2, -0.15) is 0 Å². The second-order valence-corrected chi connectivity index (χ2v) is 7.16. The van der Waals surface area contributed by atoms with Crippen molar-refractivity contribution in [3.63, 3.8) is 0 Å². The van der Waals surface area contributed by atoms with Gasteiger partial charge in [0.15, 0.2) is 0 Å². The highest BCUT2D eigenvalue weighted by molar-refractivity contribution is 5.25. The van der Waals surface area contributed by atoms with E-state index in [-0.39, 0.29) is 0 Å². The quantitative estimate of drug-likeness (QED) is 0.890. The number of aryl methyl sites for hydroxylation is 1. The molecule has 0 spiro atoms. The lowest BCUT2D eigenvalue weighted by Crippen LogP contribution is -2.58. The molecule has 2 heteroatoms. The summed E-state index contributed by atoms with van der Waals surface area (Å²) < 4.78 is 0. The molecule has 3 unspecified atom stereocenters. The fourth-order valence-electron chi connectivity index (χ4n) is 3.65. The fraction of sp³-hybridized carbons (Fsp3) is 0.684. The third-order valence-electron chi connectivity index (χ3n) is 5.62. The van der Waals surface area contributed by atoms with Gasteiger partial charge < -0.3 is 5.32 Å². The average Bonchev–Trinajstić information content (AvgIpc) is 3.33. The van der Waals surface area contributed by atoms with Gasteiger partial charge in [0.2, 0.25) is 0 Å². The van der Waals surface area contributed by atoms with E-state index in [9.17, 15) is 0 Å². The highest BCUT2D eigenvalue weighted by Crippen LogP contribution is 2.37. The molecule has 1 saturated heterocycles. The van der Waals surface area contributed by atoms with E-state index in [0.29, 0.717) is 6.04 Å². The molecule has 116 valence electrons. The van der Waals surface area contributed by atoms with Crippen LogP contribution in [0.1, 0.15) is 44.2 Å². The maximum Gasteiger partial charge on any atom is 0.0253 e. The molecule has 0 amide bonds. The summed E-state index contributed by atoms with van der Waals surface area (Å²) in [6.45, 7) is 10.5. The molecule has 1 aliphatic carbocycles. The second kappa shape index (κ2) is 6.50. The van der Waals surface area contributed by atoms with Crippen molar-refractivity contribution in [1.82, 2.24) is 10.2 Å². The molecule has 1 aromatic carbocycles. The number of nitrogens with one attached hydrogen (secondary N) is 1. The van der Waals surface area contributed by atoms with Crippen LogP contribution >= 0.6 is 0 Å². The molecule has 0 bridgehead atoms. The van der Waals surface area contributed by atoms with Gasteiger partial charge in [0.1, 0.15) is 0 Å². The Hall–Kier alpha value is -0.860. The largest absolute Gasteiger partial charge is 0.311 e. The van der Waals surface area contributed by atoms with Gasteiger partial charge >= 0.3 is 0 Å². The van der Waals surface area contributed by atoms with Crippen molar-refractivity contribution in [1.29, 1.82) is 0 Å². The van der Waals surface area contributed by atoms with Crippen LogP contribution in [0.2, 0.25) is 0 Å². The third-order valence-corrected chi connectivity index (χ3v) is 5.62. The Labute approximate surface area is 129 Å². The summed E-state index contributed by atoms with van der Waals surface area (Å²) >= 11 is 0. The Morgan fingerprint density at radius 2 is 2.05 bits per heavy atom. The van der Waals surface area contributed by atoms with Crippen molar-refractivity contribution >= 4 is 0 Å². The zero-order valence-electron chi connectivity index (χ0n) is 13.8. The topological polar surface area (TPSA) is 15.3 Å². The number of hydrogen-bond donors (Lipinski definition) is 1. The van der Waals surface area contributed by atoms with Crippen LogP contribution in [-0.2, 0) is 6.54 Å². The van der Waals surface area contributed by atoms with Gasteiger partial charge in [0.25, 0.3) is 0 Å². The molecule has 0 radical (unpaired) electrons. The summed E-state index contributed by atoms with van der Waals surface area (Å²) in [4.78, 5) is 2.77. The molecule has 1 aromatic rings. The normalized spacial score (nSPS) is 28.5. The van der Waals surface area contributed by atoms with Crippen LogP contribution in [0, 0.1) is 18.8 Å². The minimum atomic E-state index is 0.661. The second-order valence-electron chi connectivity index (χ2n) is 7.16. The average molecular weight is 286 g/mol. The predicted octanol–water partition coefficient (Wildman–Crippen LogP) is 3.59. The monoisotopic (exact) mass is 286 g/mol. The summed E-state index contributed by atoms with van der Waals surface area (Å²) in [5.41, 5.74) is 2.94. The first-order valence-electron chi connectivity index (χ1n) is 8.71. The Balaban J connectivity index is 1.72. The minimum absolute atomic E-state index is 0.661. The molecule has 21 heavy (non-hydrogen) atoms. The van der Waals surface area contributed by atoms with Gasteiger partial charge in [0.05, 0.1) is 0 Å². The number of rotatable bonds is 5. The van der Waals surface area contributed by atoms with Crippen LogP contribution in [0.5, 0.6) is 0 Å². The van der Waals surface area contributed by atoms with Gasteiger partial charge in [-0.1, -0.05) is 44.5 Å². The molecule has 2 aliphatic rings. The summed E-state index contributed by atoms with van der Waals surface area (Å²) in [6, 6.07) is 10.3. The Kier molecular flexibility index (Phi) is 4.66. The van der Waals surface area contributed by atoms with Crippen molar-refractivity contribution in [2.24, 2.45) is 11.8 Å². The Morgan fingerprint density at radius 1 is 1.29 bits per heavy atom. The smallest absolute Gasteiger partial charge is 0.0253 e. The number of hydrogen-bond acceptors (Lipinski definition) is 2. The first-order valence-corrected chi connectivity index (χ1v) is 8.71. The van der Waals surface area contributed by atoms with Crippen LogP contribution in [-0.4, -0.2) is 30.1 Å². The lowest BCUT2D eigenvalue weighted by Gasteiger charge is -2.43. The summed E-state index contributed by atoms with van der Waals surface area (Å²) in [6.07, 6.45) is 4.14.